The molecule has 0 heterocycles. The Morgan fingerprint density at radius 3 is 2.40 bits per heavy atom. The number of carbonyl (C=O) groups is 1. The summed E-state index contributed by atoms with van der Waals surface area (Å²) in [6, 6.07) is 7.38. The van der Waals surface area contributed by atoms with Gasteiger partial charge in [0, 0.05) is 0 Å². The minimum Gasteiger partial charge on any atom is -0.494 e. The maximum absolute atomic E-state index is 11.1. The molecule has 0 spiro atoms. The molecule has 0 unspecified atom stereocenters. The standard InChI is InChI=1S/C12H14O3/c1-2-15-10-5-3-9(4-6-10)12(7-8-12)11(13)14/h3-6H,2,7-8H2,1H3,(H,13,14). The van der Waals surface area contributed by atoms with Gasteiger partial charge >= 0.3 is 5.97 Å². The van der Waals surface area contributed by atoms with Gasteiger partial charge < -0.3 is 9.84 Å². The minimum absolute atomic E-state index is 0.606. The molecule has 1 aromatic rings. The summed E-state index contributed by atoms with van der Waals surface area (Å²) in [5.41, 5.74) is 0.281. The second kappa shape index (κ2) is 3.57. The Labute approximate surface area is 88.7 Å². The molecule has 0 aromatic heterocycles. The molecule has 2 rings (SSSR count). The zero-order valence-electron chi connectivity index (χ0n) is 8.69. The van der Waals surface area contributed by atoms with Crippen LogP contribution in [0.4, 0.5) is 0 Å². The Kier molecular flexibility index (Phi) is 2.39. The van der Waals surface area contributed by atoms with Crippen LogP contribution in [-0.2, 0) is 10.2 Å². The number of benzene rings is 1. The molecule has 1 aliphatic carbocycles. The zero-order valence-corrected chi connectivity index (χ0v) is 8.69. The van der Waals surface area contributed by atoms with Crippen molar-refractivity contribution in [3.05, 3.63) is 29.8 Å². The molecule has 1 aromatic carbocycles. The molecule has 1 saturated carbocycles. The third-order valence-corrected chi connectivity index (χ3v) is 2.88. The van der Waals surface area contributed by atoms with Gasteiger partial charge in [0.15, 0.2) is 0 Å². The SMILES string of the molecule is CCOc1ccc(C2(C(=O)O)CC2)cc1. The van der Waals surface area contributed by atoms with Crippen molar-refractivity contribution in [2.24, 2.45) is 0 Å². The lowest BCUT2D eigenvalue weighted by atomic mass is 9.96. The summed E-state index contributed by atoms with van der Waals surface area (Å²) in [5, 5.41) is 9.10. The van der Waals surface area contributed by atoms with Crippen LogP contribution in [0.3, 0.4) is 0 Å². The van der Waals surface area contributed by atoms with Crippen molar-refractivity contribution in [3.63, 3.8) is 0 Å². The summed E-state index contributed by atoms with van der Waals surface area (Å²) in [6.07, 6.45) is 1.49. The second-order valence-corrected chi connectivity index (χ2v) is 3.84. The van der Waals surface area contributed by atoms with Gasteiger partial charge in [-0.1, -0.05) is 12.1 Å². The monoisotopic (exact) mass is 206 g/mol. The number of hydrogen-bond acceptors (Lipinski definition) is 2. The van der Waals surface area contributed by atoms with E-state index < -0.39 is 11.4 Å². The van der Waals surface area contributed by atoms with Gasteiger partial charge in [0.25, 0.3) is 0 Å². The van der Waals surface area contributed by atoms with Gasteiger partial charge in [-0.2, -0.15) is 0 Å². The van der Waals surface area contributed by atoms with Crippen molar-refractivity contribution in [1.82, 2.24) is 0 Å². The van der Waals surface area contributed by atoms with Crippen molar-refractivity contribution in [1.29, 1.82) is 0 Å². The topological polar surface area (TPSA) is 46.5 Å². The van der Waals surface area contributed by atoms with Crippen molar-refractivity contribution in [2.45, 2.75) is 25.2 Å². The maximum atomic E-state index is 11.1. The van der Waals surface area contributed by atoms with Crippen LogP contribution < -0.4 is 4.74 Å². The lowest BCUT2D eigenvalue weighted by molar-refractivity contribution is -0.140. The Morgan fingerprint density at radius 2 is 2.00 bits per heavy atom. The first-order valence-corrected chi connectivity index (χ1v) is 5.16. The van der Waals surface area contributed by atoms with E-state index in [1.807, 2.05) is 31.2 Å². The Morgan fingerprint density at radius 1 is 1.40 bits per heavy atom. The molecule has 80 valence electrons. The fourth-order valence-electron chi connectivity index (χ4n) is 1.79. The first kappa shape index (κ1) is 10.0. The molecule has 0 aliphatic heterocycles. The van der Waals surface area contributed by atoms with E-state index in [2.05, 4.69) is 0 Å². The maximum Gasteiger partial charge on any atom is 0.314 e. The van der Waals surface area contributed by atoms with Gasteiger partial charge in [-0.15, -0.1) is 0 Å². The van der Waals surface area contributed by atoms with E-state index in [1.54, 1.807) is 0 Å². The van der Waals surface area contributed by atoms with Gasteiger partial charge in [0.05, 0.1) is 12.0 Å². The van der Waals surface area contributed by atoms with Gasteiger partial charge in [-0.05, 0) is 37.5 Å². The third kappa shape index (κ3) is 1.69. The molecule has 0 saturated heterocycles. The van der Waals surface area contributed by atoms with E-state index in [-0.39, 0.29) is 0 Å². The highest BCUT2D eigenvalue weighted by atomic mass is 16.5. The van der Waals surface area contributed by atoms with E-state index in [1.165, 1.54) is 0 Å². The Hall–Kier alpha value is -1.51. The lowest BCUT2D eigenvalue weighted by Crippen LogP contribution is -2.19. The molecule has 1 aliphatic rings. The van der Waals surface area contributed by atoms with Crippen LogP contribution in [0.1, 0.15) is 25.3 Å². The van der Waals surface area contributed by atoms with E-state index in [4.69, 9.17) is 9.84 Å². The molecular weight excluding hydrogens is 192 g/mol. The zero-order chi connectivity index (χ0) is 10.9. The molecular formula is C12H14O3. The van der Waals surface area contributed by atoms with E-state index in [0.717, 1.165) is 24.2 Å². The Bertz CT molecular complexity index is 363. The molecule has 1 fully saturated rings. The van der Waals surface area contributed by atoms with Gasteiger partial charge in [0.2, 0.25) is 0 Å². The first-order chi connectivity index (χ1) is 7.19. The van der Waals surface area contributed by atoms with Crippen LogP contribution in [0.25, 0.3) is 0 Å². The summed E-state index contributed by atoms with van der Waals surface area (Å²) in [6.45, 7) is 2.55. The molecule has 3 heteroatoms. The number of aliphatic carboxylic acids is 1. The highest BCUT2D eigenvalue weighted by Crippen LogP contribution is 2.48. The molecule has 3 nitrogen and oxygen atoms in total. The molecule has 0 bridgehead atoms. The summed E-state index contributed by atoms with van der Waals surface area (Å²) in [4.78, 5) is 11.1. The predicted molar refractivity (Wildman–Crippen MR) is 56.2 cm³/mol. The van der Waals surface area contributed by atoms with E-state index in [0.29, 0.717) is 6.61 Å². The number of hydrogen-bond donors (Lipinski definition) is 1. The summed E-state index contributed by atoms with van der Waals surface area (Å²) in [7, 11) is 0. The number of carboxylic acids is 1. The van der Waals surface area contributed by atoms with Crippen molar-refractivity contribution >= 4 is 5.97 Å². The molecule has 15 heavy (non-hydrogen) atoms. The summed E-state index contributed by atoms with van der Waals surface area (Å²) < 4.78 is 5.31. The quantitative estimate of drug-likeness (QED) is 0.821. The van der Waals surface area contributed by atoms with Crippen LogP contribution in [-0.4, -0.2) is 17.7 Å². The fourth-order valence-corrected chi connectivity index (χ4v) is 1.79. The molecule has 0 atom stereocenters. The highest BCUT2D eigenvalue weighted by molar-refractivity contribution is 5.84. The predicted octanol–water partition coefficient (Wildman–Crippen LogP) is 2.20. The van der Waals surface area contributed by atoms with Crippen LogP contribution in [0.15, 0.2) is 24.3 Å². The van der Waals surface area contributed by atoms with Gasteiger partial charge in [-0.25, -0.2) is 0 Å². The second-order valence-electron chi connectivity index (χ2n) is 3.84. The van der Waals surface area contributed by atoms with Gasteiger partial charge in [0.1, 0.15) is 5.75 Å². The number of ether oxygens (including phenoxy) is 1. The molecule has 1 N–H and O–H groups in total. The van der Waals surface area contributed by atoms with Crippen molar-refractivity contribution in [3.8, 4) is 5.75 Å². The minimum atomic E-state index is -0.716. The van der Waals surface area contributed by atoms with Crippen LogP contribution in [0, 0.1) is 0 Å². The summed E-state index contributed by atoms with van der Waals surface area (Å²) in [5.74, 6) is 0.0779. The third-order valence-electron chi connectivity index (χ3n) is 2.88. The van der Waals surface area contributed by atoms with Crippen LogP contribution >= 0.6 is 0 Å². The van der Waals surface area contributed by atoms with Crippen molar-refractivity contribution in [2.75, 3.05) is 6.61 Å². The highest BCUT2D eigenvalue weighted by Gasteiger charge is 2.51. The molecule has 0 radical (unpaired) electrons. The van der Waals surface area contributed by atoms with Crippen LogP contribution in [0.5, 0.6) is 5.75 Å². The lowest BCUT2D eigenvalue weighted by Gasteiger charge is -2.10. The summed E-state index contributed by atoms with van der Waals surface area (Å²) >= 11 is 0. The van der Waals surface area contributed by atoms with Crippen molar-refractivity contribution < 1.29 is 14.6 Å². The smallest absolute Gasteiger partial charge is 0.314 e. The largest absolute Gasteiger partial charge is 0.494 e. The normalized spacial score (nSPS) is 17.1. The fraction of sp³-hybridized carbons (Fsp3) is 0.417. The average molecular weight is 206 g/mol. The first-order valence-electron chi connectivity index (χ1n) is 5.16. The van der Waals surface area contributed by atoms with E-state index in [9.17, 15) is 4.79 Å². The Balaban J connectivity index is 2.20. The molecule has 0 amide bonds. The number of carboxylic acid groups (broad SMARTS) is 1. The van der Waals surface area contributed by atoms with Gasteiger partial charge in [-0.3, -0.25) is 4.79 Å². The number of rotatable bonds is 4. The average Bonchev–Trinajstić information content (AvgIpc) is 3.00. The van der Waals surface area contributed by atoms with E-state index >= 15 is 0 Å². The van der Waals surface area contributed by atoms with Crippen LogP contribution in [0.2, 0.25) is 0 Å².